The number of pyridine rings is 1. The number of carbonyl (C=O) groups excluding carboxylic acids is 2. The van der Waals surface area contributed by atoms with E-state index in [2.05, 4.69) is 41.3 Å². The molecule has 3 heterocycles. The van der Waals surface area contributed by atoms with Crippen LogP contribution in [0.4, 0.5) is 22.1 Å². The number of carbonyl (C=O) groups is 2. The van der Waals surface area contributed by atoms with Gasteiger partial charge in [-0.25, -0.2) is 14.5 Å². The topological polar surface area (TPSA) is 150 Å². The zero-order valence-electron chi connectivity index (χ0n) is 26.5. The molecule has 1 fully saturated rings. The van der Waals surface area contributed by atoms with Crippen molar-refractivity contribution in [1.82, 2.24) is 19.7 Å². The summed E-state index contributed by atoms with van der Waals surface area (Å²) in [6.45, 7) is 16.6. The highest BCUT2D eigenvalue weighted by molar-refractivity contribution is 7.85. The quantitative estimate of drug-likeness (QED) is 0.320. The zero-order valence-corrected chi connectivity index (χ0v) is 28.0. The highest BCUT2D eigenvalue weighted by Crippen LogP contribution is 2.29. The van der Waals surface area contributed by atoms with Crippen molar-refractivity contribution in [3.8, 4) is 5.69 Å². The molecule has 1 aliphatic rings. The zero-order chi connectivity index (χ0) is 33.0. The third-order valence-corrected chi connectivity index (χ3v) is 6.93. The molecule has 0 saturated carbocycles. The summed E-state index contributed by atoms with van der Waals surface area (Å²) in [4.78, 5) is 34.1. The molecule has 0 bridgehead atoms. The van der Waals surface area contributed by atoms with Crippen LogP contribution < -0.4 is 15.5 Å². The summed E-state index contributed by atoms with van der Waals surface area (Å²) >= 11 is 6.55. The van der Waals surface area contributed by atoms with E-state index in [1.807, 2.05) is 62.9 Å². The van der Waals surface area contributed by atoms with Crippen molar-refractivity contribution in [2.24, 2.45) is 5.41 Å². The number of aromatic nitrogens is 3. The highest BCUT2D eigenvalue weighted by atomic mass is 35.5. The Balaban J connectivity index is 0.000000978. The van der Waals surface area contributed by atoms with Gasteiger partial charge in [-0.2, -0.15) is 13.5 Å². The van der Waals surface area contributed by atoms with Gasteiger partial charge in [0.15, 0.2) is 0 Å². The van der Waals surface area contributed by atoms with Crippen molar-refractivity contribution in [3.63, 3.8) is 0 Å². The monoisotopic (exact) mass is 647 g/mol. The molecular weight excluding hydrogens is 606 g/mol. The first-order valence-electron chi connectivity index (χ1n) is 14.1. The number of nitrogens with one attached hydrogen (secondary N) is 2. The molecule has 12 nitrogen and oxygen atoms in total. The van der Waals surface area contributed by atoms with E-state index in [4.69, 9.17) is 21.3 Å². The fourth-order valence-electron chi connectivity index (χ4n) is 4.29. The largest absolute Gasteiger partial charge is 0.353 e. The summed E-state index contributed by atoms with van der Waals surface area (Å²) in [5, 5.41) is 10.9. The molecule has 0 radical (unpaired) electrons. The minimum atomic E-state index is -3.67. The van der Waals surface area contributed by atoms with Gasteiger partial charge in [0.2, 0.25) is 5.91 Å². The van der Waals surface area contributed by atoms with Crippen molar-refractivity contribution in [2.75, 3.05) is 48.0 Å². The molecule has 4 rings (SSSR count). The molecule has 0 spiro atoms. The van der Waals surface area contributed by atoms with E-state index in [0.29, 0.717) is 54.8 Å². The predicted octanol–water partition coefficient (Wildman–Crippen LogP) is 5.37. The predicted molar refractivity (Wildman–Crippen MR) is 175 cm³/mol. The van der Waals surface area contributed by atoms with Crippen molar-refractivity contribution < 1.29 is 22.6 Å². The lowest BCUT2D eigenvalue weighted by atomic mass is 9.92. The number of halogens is 1. The Morgan fingerprint density at radius 2 is 1.52 bits per heavy atom. The molecule has 1 saturated heterocycles. The second-order valence-electron chi connectivity index (χ2n) is 12.8. The average molecular weight is 648 g/mol. The maximum atomic E-state index is 13.0. The first-order valence-corrected chi connectivity index (χ1v) is 16.3. The first-order chi connectivity index (χ1) is 20.2. The summed E-state index contributed by atoms with van der Waals surface area (Å²) in [6, 6.07) is 11.1. The van der Waals surface area contributed by atoms with E-state index < -0.39 is 21.6 Å². The van der Waals surface area contributed by atoms with Crippen LogP contribution in [0.2, 0.25) is 5.02 Å². The minimum absolute atomic E-state index is 0.150. The number of amides is 3. The van der Waals surface area contributed by atoms with Crippen LogP contribution >= 0.6 is 11.6 Å². The average Bonchev–Trinajstić information content (AvgIpc) is 3.33. The van der Waals surface area contributed by atoms with E-state index in [0.717, 1.165) is 16.9 Å². The van der Waals surface area contributed by atoms with Gasteiger partial charge in [-0.3, -0.25) is 14.7 Å². The van der Waals surface area contributed by atoms with Crippen molar-refractivity contribution in [1.29, 1.82) is 0 Å². The Bertz CT molecular complexity index is 1580. The van der Waals surface area contributed by atoms with Gasteiger partial charge in [-0.15, -0.1) is 0 Å². The molecule has 2 aromatic heterocycles. The molecule has 3 aromatic rings. The summed E-state index contributed by atoms with van der Waals surface area (Å²) in [6.07, 6.45) is 2.27. The summed E-state index contributed by atoms with van der Waals surface area (Å²) in [5.74, 6) is 1.41. The number of rotatable bonds is 4. The molecule has 1 aliphatic heterocycles. The van der Waals surface area contributed by atoms with Crippen molar-refractivity contribution in [2.45, 2.75) is 53.9 Å². The fourth-order valence-corrected chi connectivity index (χ4v) is 4.48. The molecule has 3 N–H and O–H groups in total. The smallest absolute Gasteiger partial charge is 0.324 e. The van der Waals surface area contributed by atoms with Gasteiger partial charge in [0.05, 0.1) is 34.5 Å². The van der Waals surface area contributed by atoms with Crippen LogP contribution in [0.15, 0.2) is 42.6 Å². The van der Waals surface area contributed by atoms with E-state index in [1.54, 1.807) is 16.9 Å². The molecule has 1 aromatic carbocycles. The van der Waals surface area contributed by atoms with Gasteiger partial charge in [0, 0.05) is 49.1 Å². The maximum Gasteiger partial charge on any atom is 0.324 e. The number of piperazine rings is 1. The normalized spacial score (nSPS) is 14.0. The number of aryl methyl sites for hydroxylation is 1. The molecule has 240 valence electrons. The van der Waals surface area contributed by atoms with Gasteiger partial charge < -0.3 is 15.1 Å². The van der Waals surface area contributed by atoms with Crippen LogP contribution in [-0.2, 0) is 20.3 Å². The molecular formula is C30H42ClN7O5S. The van der Waals surface area contributed by atoms with E-state index in [-0.39, 0.29) is 11.3 Å². The van der Waals surface area contributed by atoms with Gasteiger partial charge >= 0.3 is 6.03 Å². The number of hydrogen-bond acceptors (Lipinski definition) is 7. The summed E-state index contributed by atoms with van der Waals surface area (Å²) in [7, 11) is -3.67. The SMILES string of the molecule is CS(=O)(=O)O.Cc1ccc(-n2nc(C(C)(C)C)cc2NC(=O)Nc2cnc(N3CCN(C(=O)C(C)(C)C)CC3)cc2Cl)cc1. The van der Waals surface area contributed by atoms with Gasteiger partial charge in [-0.1, -0.05) is 70.8 Å². The lowest BCUT2D eigenvalue weighted by molar-refractivity contribution is -0.139. The highest BCUT2D eigenvalue weighted by Gasteiger charge is 2.30. The van der Waals surface area contributed by atoms with Crippen LogP contribution in [0.25, 0.3) is 5.69 Å². The Morgan fingerprint density at radius 1 is 0.955 bits per heavy atom. The number of anilines is 3. The van der Waals surface area contributed by atoms with Crippen molar-refractivity contribution in [3.05, 3.63) is 58.9 Å². The van der Waals surface area contributed by atoms with Crippen LogP contribution in [0, 0.1) is 12.3 Å². The van der Waals surface area contributed by atoms with E-state index in [1.165, 1.54) is 0 Å². The van der Waals surface area contributed by atoms with Gasteiger partial charge in [0.1, 0.15) is 11.6 Å². The summed E-state index contributed by atoms with van der Waals surface area (Å²) < 4.78 is 27.6. The molecule has 0 aliphatic carbocycles. The van der Waals surface area contributed by atoms with Gasteiger partial charge in [-0.05, 0) is 19.1 Å². The Labute approximate surface area is 264 Å². The van der Waals surface area contributed by atoms with Gasteiger partial charge in [0.25, 0.3) is 10.1 Å². The number of nitrogens with zero attached hydrogens (tertiary/aromatic N) is 5. The Morgan fingerprint density at radius 3 is 2.02 bits per heavy atom. The van der Waals surface area contributed by atoms with Crippen LogP contribution in [0.5, 0.6) is 0 Å². The number of hydrogen-bond donors (Lipinski definition) is 3. The second kappa shape index (κ2) is 13.5. The fraction of sp³-hybridized carbons (Fsp3) is 0.467. The lowest BCUT2D eigenvalue weighted by Crippen LogP contribution is -2.51. The van der Waals surface area contributed by atoms with Crippen molar-refractivity contribution >= 4 is 51.0 Å². The van der Waals surface area contributed by atoms with E-state index >= 15 is 0 Å². The maximum absolute atomic E-state index is 13.0. The molecule has 0 atom stereocenters. The van der Waals surface area contributed by atoms with Crippen LogP contribution in [0.1, 0.15) is 52.8 Å². The Kier molecular flexibility index (Phi) is 10.7. The molecule has 14 heteroatoms. The standard InChI is InChI=1S/C29H38ClN7O2.CH4O3S/c1-19-8-10-20(11-9-19)37-25(17-23(34-37)28(2,3)4)33-27(39)32-22-18-31-24(16-21(22)30)35-12-14-36(15-13-35)26(38)29(5,6)7;1-5(2,3)4/h8-11,16-18H,12-15H2,1-7H3,(H2,32,33,39);1H3,(H,2,3,4). The molecule has 3 amide bonds. The third kappa shape index (κ3) is 9.93. The molecule has 0 unspecified atom stereocenters. The number of urea groups is 1. The lowest BCUT2D eigenvalue weighted by Gasteiger charge is -2.38. The minimum Gasteiger partial charge on any atom is -0.353 e. The van der Waals surface area contributed by atoms with Crippen LogP contribution in [-0.4, -0.2) is 77.0 Å². The first kappa shape index (κ1) is 34.8. The summed E-state index contributed by atoms with van der Waals surface area (Å²) in [5.41, 5.74) is 2.64. The van der Waals surface area contributed by atoms with Crippen LogP contribution in [0.3, 0.4) is 0 Å². The third-order valence-electron chi connectivity index (χ3n) is 6.62. The second-order valence-corrected chi connectivity index (χ2v) is 14.6. The number of benzene rings is 1. The van der Waals surface area contributed by atoms with E-state index in [9.17, 15) is 18.0 Å². The Hall–Kier alpha value is -3.68. The molecule has 44 heavy (non-hydrogen) atoms.